The molecule has 1 aromatic heterocycles. The second-order valence-electron chi connectivity index (χ2n) is 3.90. The molecule has 0 bridgehead atoms. The summed E-state index contributed by atoms with van der Waals surface area (Å²) in [6, 6.07) is -0.292. The number of H-pyrrole nitrogens is 1. The molecule has 2 N–H and O–H groups in total. The van der Waals surface area contributed by atoms with Gasteiger partial charge in [0.15, 0.2) is 5.03 Å². The molecular formula is C10H19N3O4S. The number of nitrogens with one attached hydrogen (secondary N) is 1. The number of aromatic amines is 1. The Morgan fingerprint density at radius 2 is 2.28 bits per heavy atom. The first-order chi connectivity index (χ1) is 8.48. The van der Waals surface area contributed by atoms with E-state index in [1.54, 1.807) is 13.8 Å². The van der Waals surface area contributed by atoms with Crippen LogP contribution in [0.2, 0.25) is 0 Å². The molecule has 1 rings (SSSR count). The van der Waals surface area contributed by atoms with E-state index < -0.39 is 10.0 Å². The van der Waals surface area contributed by atoms with Crippen molar-refractivity contribution in [2.75, 3.05) is 20.3 Å². The van der Waals surface area contributed by atoms with Gasteiger partial charge >= 0.3 is 0 Å². The quantitative estimate of drug-likeness (QED) is 0.728. The van der Waals surface area contributed by atoms with Gasteiger partial charge in [0.25, 0.3) is 10.0 Å². The number of nitrogens with zero attached hydrogens (tertiary/aromatic N) is 2. The zero-order chi connectivity index (χ0) is 13.8. The zero-order valence-electron chi connectivity index (χ0n) is 10.8. The third kappa shape index (κ3) is 2.89. The molecule has 0 aliphatic heterocycles. The van der Waals surface area contributed by atoms with Gasteiger partial charge in [-0.15, -0.1) is 0 Å². The van der Waals surface area contributed by atoms with Gasteiger partial charge in [-0.3, -0.25) is 5.10 Å². The Morgan fingerprint density at radius 3 is 2.78 bits per heavy atom. The summed E-state index contributed by atoms with van der Waals surface area (Å²) in [6.07, 6.45) is 1.31. The number of aliphatic hydroxyl groups is 1. The molecule has 1 unspecified atom stereocenters. The number of ether oxygens (including phenoxy) is 1. The lowest BCUT2D eigenvalue weighted by molar-refractivity contribution is 0.142. The highest BCUT2D eigenvalue weighted by molar-refractivity contribution is 7.89. The first kappa shape index (κ1) is 15.1. The Kier molecular flexibility index (Phi) is 5.27. The molecule has 0 amide bonds. The van der Waals surface area contributed by atoms with Gasteiger partial charge in [0.05, 0.1) is 19.4 Å². The normalized spacial score (nSPS) is 14.1. The Bertz CT molecular complexity index is 471. The predicted molar refractivity (Wildman–Crippen MR) is 65.4 cm³/mol. The summed E-state index contributed by atoms with van der Waals surface area (Å²) in [5, 5.41) is 15.1. The van der Waals surface area contributed by atoms with Crippen LogP contribution in [0.3, 0.4) is 0 Å². The smallest absolute Gasteiger partial charge is 0.260 e. The molecule has 0 saturated carbocycles. The van der Waals surface area contributed by atoms with Crippen LogP contribution in [0.4, 0.5) is 0 Å². The van der Waals surface area contributed by atoms with Gasteiger partial charge in [-0.05, 0) is 6.92 Å². The molecule has 0 spiro atoms. The van der Waals surface area contributed by atoms with Crippen molar-refractivity contribution in [3.8, 4) is 0 Å². The van der Waals surface area contributed by atoms with Crippen molar-refractivity contribution in [2.24, 2.45) is 0 Å². The number of likely N-dealkylation sites (N-methyl/N-ethyl adjacent to an activating group) is 1. The highest BCUT2D eigenvalue weighted by Crippen LogP contribution is 2.19. The Balaban J connectivity index is 3.11. The van der Waals surface area contributed by atoms with Crippen LogP contribution in [-0.2, 0) is 21.4 Å². The molecule has 1 aromatic rings. The van der Waals surface area contributed by atoms with Crippen LogP contribution < -0.4 is 0 Å². The fourth-order valence-electron chi connectivity index (χ4n) is 1.80. The molecular weight excluding hydrogens is 258 g/mol. The Hall–Kier alpha value is -0.960. The first-order valence-electron chi connectivity index (χ1n) is 5.62. The van der Waals surface area contributed by atoms with E-state index in [9.17, 15) is 8.42 Å². The highest BCUT2D eigenvalue weighted by atomic mass is 32.2. The van der Waals surface area contributed by atoms with Crippen LogP contribution in [0.1, 0.15) is 19.4 Å². The maximum atomic E-state index is 12.4. The second kappa shape index (κ2) is 6.28. The fraction of sp³-hybridized carbons (Fsp3) is 0.700. The van der Waals surface area contributed by atoms with Crippen molar-refractivity contribution in [3.63, 3.8) is 0 Å². The van der Waals surface area contributed by atoms with E-state index in [1.807, 2.05) is 0 Å². The molecule has 0 radical (unpaired) electrons. The van der Waals surface area contributed by atoms with E-state index in [2.05, 4.69) is 10.2 Å². The summed E-state index contributed by atoms with van der Waals surface area (Å²) in [4.78, 5) is 0. The molecule has 0 aliphatic carbocycles. The van der Waals surface area contributed by atoms with Gasteiger partial charge in [0, 0.05) is 25.3 Å². The molecule has 7 nitrogen and oxygen atoms in total. The van der Waals surface area contributed by atoms with Crippen molar-refractivity contribution < 1.29 is 18.3 Å². The molecule has 8 heteroatoms. The number of hydrogen-bond acceptors (Lipinski definition) is 5. The molecule has 0 saturated heterocycles. The van der Waals surface area contributed by atoms with E-state index in [0.717, 1.165) is 0 Å². The molecule has 1 atom stereocenters. The monoisotopic (exact) mass is 277 g/mol. The minimum absolute atomic E-state index is 0.0604. The minimum Gasteiger partial charge on any atom is -0.392 e. The van der Waals surface area contributed by atoms with Crippen molar-refractivity contribution in [2.45, 2.75) is 31.5 Å². The molecule has 1 heterocycles. The lowest BCUT2D eigenvalue weighted by Gasteiger charge is -2.26. The van der Waals surface area contributed by atoms with E-state index in [1.165, 1.54) is 17.6 Å². The van der Waals surface area contributed by atoms with E-state index in [-0.39, 0.29) is 23.2 Å². The van der Waals surface area contributed by atoms with Crippen molar-refractivity contribution in [1.82, 2.24) is 14.5 Å². The van der Waals surface area contributed by atoms with Crippen LogP contribution in [-0.4, -0.2) is 54.3 Å². The number of sulfonamides is 1. The van der Waals surface area contributed by atoms with Crippen LogP contribution >= 0.6 is 0 Å². The van der Waals surface area contributed by atoms with Crippen molar-refractivity contribution >= 4 is 10.0 Å². The van der Waals surface area contributed by atoms with Gasteiger partial charge in [0.2, 0.25) is 0 Å². The van der Waals surface area contributed by atoms with Crippen LogP contribution in [0.5, 0.6) is 0 Å². The van der Waals surface area contributed by atoms with Crippen LogP contribution in [0.25, 0.3) is 0 Å². The molecule has 0 fully saturated rings. The van der Waals surface area contributed by atoms with Gasteiger partial charge in [0.1, 0.15) is 0 Å². The number of hydrogen-bond donors (Lipinski definition) is 2. The number of rotatable bonds is 7. The molecule has 0 aliphatic rings. The van der Waals surface area contributed by atoms with Gasteiger partial charge in [-0.2, -0.15) is 9.40 Å². The van der Waals surface area contributed by atoms with Crippen molar-refractivity contribution in [1.29, 1.82) is 0 Å². The van der Waals surface area contributed by atoms with Gasteiger partial charge in [-0.25, -0.2) is 8.42 Å². The van der Waals surface area contributed by atoms with Gasteiger partial charge < -0.3 is 9.84 Å². The summed E-state index contributed by atoms with van der Waals surface area (Å²) < 4.78 is 31.1. The summed E-state index contributed by atoms with van der Waals surface area (Å²) in [5.74, 6) is 0. The summed E-state index contributed by atoms with van der Waals surface area (Å²) in [5.41, 5.74) is 0.262. The van der Waals surface area contributed by atoms with E-state index in [0.29, 0.717) is 13.2 Å². The Morgan fingerprint density at radius 1 is 1.61 bits per heavy atom. The number of methoxy groups -OCH3 is 1. The standard InChI is InChI=1S/C10H19N3O4S/c1-4-13(8(2)7-17-3)18(15,16)10-9(6-14)5-11-12-10/h5,8,14H,4,6-7H2,1-3H3,(H,11,12). The number of aromatic nitrogens is 2. The van der Waals surface area contributed by atoms with Gasteiger partial charge in [-0.1, -0.05) is 6.92 Å². The van der Waals surface area contributed by atoms with Crippen LogP contribution in [0.15, 0.2) is 11.2 Å². The average Bonchev–Trinajstić information content (AvgIpc) is 2.78. The lowest BCUT2D eigenvalue weighted by Crippen LogP contribution is -2.41. The maximum Gasteiger partial charge on any atom is 0.260 e. The predicted octanol–water partition coefficient (Wildman–Crippen LogP) is -0.0525. The fourth-order valence-corrected chi connectivity index (χ4v) is 3.52. The third-order valence-corrected chi connectivity index (χ3v) is 4.73. The maximum absolute atomic E-state index is 12.4. The zero-order valence-corrected chi connectivity index (χ0v) is 11.6. The SMILES string of the molecule is CCN(C(C)COC)S(=O)(=O)c1[nH]ncc1CO. The minimum atomic E-state index is -3.70. The number of aliphatic hydroxyl groups excluding tert-OH is 1. The summed E-state index contributed by atoms with van der Waals surface area (Å²) in [6.45, 7) is 3.76. The average molecular weight is 277 g/mol. The molecule has 0 aromatic carbocycles. The van der Waals surface area contributed by atoms with E-state index >= 15 is 0 Å². The molecule has 104 valence electrons. The molecule has 18 heavy (non-hydrogen) atoms. The summed E-state index contributed by atoms with van der Waals surface area (Å²) in [7, 11) is -2.18. The second-order valence-corrected chi connectivity index (χ2v) is 5.72. The first-order valence-corrected chi connectivity index (χ1v) is 7.06. The highest BCUT2D eigenvalue weighted by Gasteiger charge is 2.30. The van der Waals surface area contributed by atoms with Crippen LogP contribution in [0, 0.1) is 0 Å². The summed E-state index contributed by atoms with van der Waals surface area (Å²) >= 11 is 0. The van der Waals surface area contributed by atoms with Crippen molar-refractivity contribution in [3.05, 3.63) is 11.8 Å². The Labute approximate surface area is 107 Å². The third-order valence-electron chi connectivity index (χ3n) is 2.63. The largest absolute Gasteiger partial charge is 0.392 e. The van der Waals surface area contributed by atoms with E-state index in [4.69, 9.17) is 9.84 Å². The topological polar surface area (TPSA) is 95.5 Å². The lowest BCUT2D eigenvalue weighted by atomic mass is 10.4.